The van der Waals surface area contributed by atoms with Gasteiger partial charge in [-0.2, -0.15) is 0 Å². The van der Waals surface area contributed by atoms with Crippen molar-refractivity contribution in [3.63, 3.8) is 0 Å². The summed E-state index contributed by atoms with van der Waals surface area (Å²) in [5.74, 6) is -6.00. The molecule has 0 spiro atoms. The standard InChI is InChI=1S/C38H29BBrClN2O7/c40-22-12-15-31(44)29(17-22)33-26-13-14-27-32(36(47)42(34(27)45)24-10-4-8-21(16-24)39(49)50)28(26)19-30-35(46)43(25-11-5-9-23(41)18-25)37(48)38(30,33)20-6-2-1-3-7-20/h1-13,15-18,27-28,30,32-33,44,49-50H,14,19H2. The molecule has 2 saturated heterocycles. The zero-order valence-corrected chi connectivity index (χ0v) is 28.7. The first-order chi connectivity index (χ1) is 24.0. The molecule has 2 heterocycles. The van der Waals surface area contributed by atoms with Crippen molar-refractivity contribution in [3.05, 3.63) is 129 Å². The second kappa shape index (κ2) is 12.1. The van der Waals surface area contributed by atoms with E-state index in [1.165, 1.54) is 23.1 Å². The van der Waals surface area contributed by atoms with Gasteiger partial charge in [0, 0.05) is 21.0 Å². The molecule has 4 aromatic carbocycles. The van der Waals surface area contributed by atoms with Crippen LogP contribution in [-0.4, -0.2) is 45.9 Å². The van der Waals surface area contributed by atoms with Crippen molar-refractivity contribution in [2.45, 2.75) is 24.2 Å². The van der Waals surface area contributed by atoms with Gasteiger partial charge in [-0.1, -0.05) is 87.7 Å². The number of anilines is 2. The van der Waals surface area contributed by atoms with Gasteiger partial charge in [-0.3, -0.25) is 24.1 Å². The molecule has 3 N–H and O–H groups in total. The molecule has 4 aliphatic rings. The molecule has 0 aromatic heterocycles. The van der Waals surface area contributed by atoms with Crippen molar-refractivity contribution in [3.8, 4) is 5.75 Å². The molecule has 8 rings (SSSR count). The summed E-state index contributed by atoms with van der Waals surface area (Å²) in [7, 11) is -1.80. The number of phenolic OH excluding ortho intramolecular Hbond substituents is 1. The van der Waals surface area contributed by atoms with Gasteiger partial charge in [0.2, 0.25) is 23.6 Å². The van der Waals surface area contributed by atoms with Crippen LogP contribution in [0.25, 0.3) is 0 Å². The quantitative estimate of drug-likeness (QED) is 0.151. The highest BCUT2D eigenvalue weighted by atomic mass is 79.9. The van der Waals surface area contributed by atoms with Crippen molar-refractivity contribution in [1.29, 1.82) is 0 Å². The molecular formula is C38H29BBrClN2O7. The maximum absolute atomic E-state index is 15.3. The lowest BCUT2D eigenvalue weighted by molar-refractivity contribution is -0.127. The van der Waals surface area contributed by atoms with Crippen LogP contribution in [0.4, 0.5) is 11.4 Å². The first-order valence-electron chi connectivity index (χ1n) is 16.3. The Morgan fingerprint density at radius 1 is 0.780 bits per heavy atom. The van der Waals surface area contributed by atoms with E-state index in [0.29, 0.717) is 31.9 Å². The molecule has 2 aliphatic carbocycles. The number of halogens is 2. The van der Waals surface area contributed by atoms with Crippen LogP contribution < -0.4 is 15.3 Å². The zero-order valence-electron chi connectivity index (χ0n) is 26.3. The molecule has 3 fully saturated rings. The highest BCUT2D eigenvalue weighted by molar-refractivity contribution is 9.10. The van der Waals surface area contributed by atoms with Crippen LogP contribution in [0.3, 0.4) is 0 Å². The van der Waals surface area contributed by atoms with Crippen molar-refractivity contribution >= 4 is 75.1 Å². The van der Waals surface area contributed by atoms with Gasteiger partial charge in [0.25, 0.3) is 0 Å². The largest absolute Gasteiger partial charge is 0.508 e. The molecule has 4 aromatic rings. The van der Waals surface area contributed by atoms with Gasteiger partial charge in [-0.15, -0.1) is 0 Å². The molecule has 50 heavy (non-hydrogen) atoms. The van der Waals surface area contributed by atoms with Crippen LogP contribution in [0.2, 0.25) is 5.02 Å². The number of aromatic hydroxyl groups is 1. The number of imide groups is 2. The SMILES string of the molecule is O=C1C2CC=C3C(CC4C(=O)N(c5cccc(Cl)c5)C(=O)C4(c4ccccc4)C3c3cc(Br)ccc3O)C2C(=O)N1c1cccc(B(O)O)c1. The van der Waals surface area contributed by atoms with E-state index in [1.807, 2.05) is 36.4 Å². The van der Waals surface area contributed by atoms with E-state index < -0.39 is 65.8 Å². The second-order valence-corrected chi connectivity index (χ2v) is 14.6. The minimum Gasteiger partial charge on any atom is -0.508 e. The van der Waals surface area contributed by atoms with Crippen molar-refractivity contribution in [1.82, 2.24) is 0 Å². The lowest BCUT2D eigenvalue weighted by Crippen LogP contribution is -2.53. The van der Waals surface area contributed by atoms with E-state index in [4.69, 9.17) is 11.6 Å². The Kier molecular flexibility index (Phi) is 7.87. The first-order valence-corrected chi connectivity index (χ1v) is 17.4. The first kappa shape index (κ1) is 32.6. The fraction of sp³-hybridized carbons (Fsp3) is 0.211. The maximum Gasteiger partial charge on any atom is 0.488 e. The summed E-state index contributed by atoms with van der Waals surface area (Å²) in [5.41, 5.74) is 0.846. The number of benzene rings is 4. The summed E-state index contributed by atoms with van der Waals surface area (Å²) in [4.78, 5) is 60.9. The molecular weight excluding hydrogens is 723 g/mol. The summed E-state index contributed by atoms with van der Waals surface area (Å²) < 4.78 is 0.647. The van der Waals surface area contributed by atoms with E-state index in [0.717, 1.165) is 4.90 Å². The van der Waals surface area contributed by atoms with Crippen molar-refractivity contribution in [2.75, 3.05) is 9.80 Å². The number of phenols is 1. The third-order valence-corrected chi connectivity index (χ3v) is 11.6. The average molecular weight is 752 g/mol. The molecule has 4 amide bonds. The Hall–Kier alpha value is -4.55. The van der Waals surface area contributed by atoms with Crippen LogP contribution in [0, 0.1) is 23.7 Å². The molecule has 12 heteroatoms. The lowest BCUT2D eigenvalue weighted by Gasteiger charge is -2.50. The van der Waals surface area contributed by atoms with Gasteiger partial charge in [0.05, 0.1) is 34.5 Å². The van der Waals surface area contributed by atoms with Gasteiger partial charge in [0.15, 0.2) is 0 Å². The molecule has 0 bridgehead atoms. The zero-order chi connectivity index (χ0) is 35.1. The van der Waals surface area contributed by atoms with Crippen LogP contribution in [-0.2, 0) is 24.6 Å². The number of allylic oxidation sites excluding steroid dienone is 2. The Bertz CT molecular complexity index is 2140. The second-order valence-electron chi connectivity index (χ2n) is 13.3. The van der Waals surface area contributed by atoms with Gasteiger partial charge < -0.3 is 15.2 Å². The minimum absolute atomic E-state index is 0.0767. The number of hydrogen-bond donors (Lipinski definition) is 3. The predicted molar refractivity (Wildman–Crippen MR) is 191 cm³/mol. The van der Waals surface area contributed by atoms with Gasteiger partial charge in [-0.25, -0.2) is 4.90 Å². The number of carbonyl (C=O) groups excluding carboxylic acids is 4. The van der Waals surface area contributed by atoms with E-state index in [1.54, 1.807) is 48.5 Å². The number of fused-ring (bicyclic) bond motifs is 4. The van der Waals surface area contributed by atoms with Gasteiger partial charge >= 0.3 is 7.12 Å². The average Bonchev–Trinajstić information content (AvgIpc) is 3.50. The number of rotatable bonds is 5. The monoisotopic (exact) mass is 750 g/mol. The number of hydrogen-bond acceptors (Lipinski definition) is 7. The summed E-state index contributed by atoms with van der Waals surface area (Å²) in [6.07, 6.45) is 2.21. The van der Waals surface area contributed by atoms with Crippen LogP contribution >= 0.6 is 27.5 Å². The normalized spacial score (nSPS) is 27.2. The van der Waals surface area contributed by atoms with E-state index in [-0.39, 0.29) is 29.7 Å². The lowest BCUT2D eigenvalue weighted by atomic mass is 9.49. The molecule has 0 radical (unpaired) electrons. The highest BCUT2D eigenvalue weighted by Gasteiger charge is 2.70. The fourth-order valence-corrected chi connectivity index (χ4v) is 9.49. The van der Waals surface area contributed by atoms with Gasteiger partial charge in [-0.05, 0) is 78.3 Å². The van der Waals surface area contributed by atoms with Gasteiger partial charge in [0.1, 0.15) is 5.75 Å². The predicted octanol–water partition coefficient (Wildman–Crippen LogP) is 4.85. The van der Waals surface area contributed by atoms with Crippen molar-refractivity contribution in [2.24, 2.45) is 23.7 Å². The molecule has 2 aliphatic heterocycles. The summed E-state index contributed by atoms with van der Waals surface area (Å²) in [5, 5.41) is 31.5. The number of carbonyl (C=O) groups is 4. The molecule has 1 saturated carbocycles. The van der Waals surface area contributed by atoms with Crippen LogP contribution in [0.1, 0.15) is 29.9 Å². The Morgan fingerprint density at radius 2 is 1.50 bits per heavy atom. The van der Waals surface area contributed by atoms with E-state index in [9.17, 15) is 29.5 Å². The number of amides is 4. The van der Waals surface area contributed by atoms with E-state index >= 15 is 4.79 Å². The Labute approximate surface area is 301 Å². The maximum atomic E-state index is 15.3. The molecule has 6 unspecified atom stereocenters. The Morgan fingerprint density at radius 3 is 2.22 bits per heavy atom. The molecule has 250 valence electrons. The minimum atomic E-state index is -1.80. The Balaban J connectivity index is 1.35. The van der Waals surface area contributed by atoms with Crippen molar-refractivity contribution < 1.29 is 34.3 Å². The third-order valence-electron chi connectivity index (χ3n) is 10.9. The van der Waals surface area contributed by atoms with E-state index in [2.05, 4.69) is 15.9 Å². The molecule has 9 nitrogen and oxygen atoms in total. The number of nitrogens with zero attached hydrogens (tertiary/aromatic N) is 2. The summed E-state index contributed by atoms with van der Waals surface area (Å²) in [6.45, 7) is 0. The summed E-state index contributed by atoms with van der Waals surface area (Å²) in [6, 6.07) is 26.6. The smallest absolute Gasteiger partial charge is 0.488 e. The molecule has 6 atom stereocenters. The highest BCUT2D eigenvalue weighted by Crippen LogP contribution is 2.65. The van der Waals surface area contributed by atoms with Crippen LogP contribution in [0.5, 0.6) is 5.75 Å². The summed E-state index contributed by atoms with van der Waals surface area (Å²) >= 11 is 9.91. The third kappa shape index (κ3) is 4.67. The fourth-order valence-electron chi connectivity index (χ4n) is 8.92. The topological polar surface area (TPSA) is 135 Å². The van der Waals surface area contributed by atoms with Crippen LogP contribution in [0.15, 0.2) is 113 Å².